The van der Waals surface area contributed by atoms with E-state index in [1.54, 1.807) is 0 Å². The van der Waals surface area contributed by atoms with Gasteiger partial charge in [0.15, 0.2) is 11.6 Å². The number of phenols is 3. The Hall–Kier alpha value is -3.23. The second-order valence-electron chi connectivity index (χ2n) is 7.58. The number of phenolic OH excluding ortho intramolecular Hbond substituents is 3. The third-order valence-electron chi connectivity index (χ3n) is 5.88. The van der Waals surface area contributed by atoms with Gasteiger partial charge in [-0.15, -0.1) is 0 Å². The summed E-state index contributed by atoms with van der Waals surface area (Å²) < 4.78 is 4.81. The number of ether oxygens (including phenoxy) is 1. The molecule has 0 aliphatic heterocycles. The molecule has 2 atom stereocenters. The third-order valence-corrected chi connectivity index (χ3v) is 5.88. The van der Waals surface area contributed by atoms with Crippen LogP contribution < -0.4 is 0 Å². The maximum Gasteiger partial charge on any atom is 0.202 e. The molecule has 0 bridgehead atoms. The highest BCUT2D eigenvalue weighted by molar-refractivity contribution is 6.31. The summed E-state index contributed by atoms with van der Waals surface area (Å²) in [6, 6.07) is 4.04. The molecule has 0 radical (unpaired) electrons. The molecule has 2 aliphatic carbocycles. The molecular weight excluding hydrogens is 392 g/mol. The molecule has 2 aromatic carbocycles. The standard InChI is InChI=1S/C22H20O8/c1-30-8-14(24)18(25)9-5-6-10-12(7-9)21(28)16-17(19(10)26)22(29)15-11(20(16)27)3-2-4-13(15)23/h2-4,9,14,23-24,26,28H,5-8H2,1H3. The second kappa shape index (κ2) is 7.23. The van der Waals surface area contributed by atoms with Gasteiger partial charge in [0.05, 0.1) is 23.3 Å². The molecule has 156 valence electrons. The fourth-order valence-corrected chi connectivity index (χ4v) is 4.41. The summed E-state index contributed by atoms with van der Waals surface area (Å²) in [6.07, 6.45) is -0.834. The van der Waals surface area contributed by atoms with Gasteiger partial charge in [0.2, 0.25) is 5.78 Å². The van der Waals surface area contributed by atoms with Crippen LogP contribution in [0.25, 0.3) is 0 Å². The van der Waals surface area contributed by atoms with Gasteiger partial charge in [-0.25, -0.2) is 0 Å². The predicted molar refractivity (Wildman–Crippen MR) is 103 cm³/mol. The van der Waals surface area contributed by atoms with E-state index in [9.17, 15) is 34.8 Å². The molecule has 4 N–H and O–H groups in total. The number of Topliss-reactive ketones (excluding diaryl/α,β-unsaturated/α-hetero) is 1. The molecule has 0 amide bonds. The van der Waals surface area contributed by atoms with Crippen LogP contribution in [0, 0.1) is 5.92 Å². The van der Waals surface area contributed by atoms with Crippen LogP contribution in [-0.2, 0) is 22.4 Å². The largest absolute Gasteiger partial charge is 0.507 e. The number of hydrogen-bond donors (Lipinski definition) is 4. The van der Waals surface area contributed by atoms with Crippen molar-refractivity contribution in [2.24, 2.45) is 5.92 Å². The lowest BCUT2D eigenvalue weighted by Gasteiger charge is -2.30. The summed E-state index contributed by atoms with van der Waals surface area (Å²) in [6.45, 7) is -0.156. The van der Waals surface area contributed by atoms with Gasteiger partial charge in [-0.1, -0.05) is 12.1 Å². The molecule has 0 spiro atoms. The number of carbonyl (C=O) groups excluding carboxylic acids is 3. The molecule has 2 aromatic rings. The summed E-state index contributed by atoms with van der Waals surface area (Å²) in [7, 11) is 1.36. The third kappa shape index (κ3) is 2.79. The molecule has 30 heavy (non-hydrogen) atoms. The number of rotatable bonds is 4. The highest BCUT2D eigenvalue weighted by atomic mass is 16.5. The molecule has 8 nitrogen and oxygen atoms in total. The van der Waals surface area contributed by atoms with Crippen molar-refractivity contribution in [1.82, 2.24) is 0 Å². The first-order chi connectivity index (χ1) is 14.3. The summed E-state index contributed by atoms with van der Waals surface area (Å²) in [5, 5.41) is 41.7. The Kier molecular flexibility index (Phi) is 4.83. The van der Waals surface area contributed by atoms with Crippen molar-refractivity contribution in [2.45, 2.75) is 25.4 Å². The Morgan fingerprint density at radius 3 is 2.43 bits per heavy atom. The number of benzene rings is 2. The number of ketones is 3. The lowest BCUT2D eigenvalue weighted by atomic mass is 9.74. The topological polar surface area (TPSA) is 141 Å². The van der Waals surface area contributed by atoms with Crippen molar-refractivity contribution in [3.63, 3.8) is 0 Å². The SMILES string of the molecule is COCC(O)C(=O)C1CCc2c(O)c3c(c(O)c2C1)C(=O)c1cccc(O)c1C3=O. The average molecular weight is 412 g/mol. The van der Waals surface area contributed by atoms with Crippen LogP contribution in [0.3, 0.4) is 0 Å². The lowest BCUT2D eigenvalue weighted by Crippen LogP contribution is -2.35. The quantitative estimate of drug-likeness (QED) is 0.469. The van der Waals surface area contributed by atoms with Crippen LogP contribution in [0.1, 0.15) is 49.4 Å². The maximum absolute atomic E-state index is 13.0. The molecule has 0 aromatic heterocycles. The van der Waals surface area contributed by atoms with E-state index in [4.69, 9.17) is 4.74 Å². The molecule has 0 saturated heterocycles. The van der Waals surface area contributed by atoms with E-state index in [1.165, 1.54) is 25.3 Å². The van der Waals surface area contributed by atoms with Crippen molar-refractivity contribution < 1.29 is 39.5 Å². The normalized spacial score (nSPS) is 18.4. The molecule has 2 unspecified atom stereocenters. The smallest absolute Gasteiger partial charge is 0.202 e. The highest BCUT2D eigenvalue weighted by Crippen LogP contribution is 2.47. The minimum absolute atomic E-state index is 0.00990. The molecule has 8 heteroatoms. The fraction of sp³-hybridized carbons (Fsp3) is 0.318. The summed E-state index contributed by atoms with van der Waals surface area (Å²) >= 11 is 0. The van der Waals surface area contributed by atoms with Crippen molar-refractivity contribution in [3.8, 4) is 17.2 Å². The van der Waals surface area contributed by atoms with Gasteiger partial charge in [0, 0.05) is 29.7 Å². The number of carbonyl (C=O) groups is 3. The average Bonchev–Trinajstić information content (AvgIpc) is 2.73. The van der Waals surface area contributed by atoms with E-state index in [-0.39, 0.29) is 58.6 Å². The van der Waals surface area contributed by atoms with E-state index < -0.39 is 40.9 Å². The zero-order valence-corrected chi connectivity index (χ0v) is 16.1. The summed E-state index contributed by atoms with van der Waals surface area (Å²) in [5.74, 6) is -3.78. The second-order valence-corrected chi connectivity index (χ2v) is 7.58. The van der Waals surface area contributed by atoms with Gasteiger partial charge in [-0.2, -0.15) is 0 Å². The fourth-order valence-electron chi connectivity index (χ4n) is 4.41. The van der Waals surface area contributed by atoms with E-state index in [0.717, 1.165) is 0 Å². The number of aromatic hydroxyl groups is 3. The van der Waals surface area contributed by atoms with Gasteiger partial charge in [-0.3, -0.25) is 14.4 Å². The van der Waals surface area contributed by atoms with E-state index >= 15 is 0 Å². The minimum atomic E-state index is -1.31. The molecular formula is C22H20O8. The van der Waals surface area contributed by atoms with Crippen LogP contribution in [0.2, 0.25) is 0 Å². The lowest BCUT2D eigenvalue weighted by molar-refractivity contribution is -0.134. The van der Waals surface area contributed by atoms with Crippen LogP contribution in [0.15, 0.2) is 18.2 Å². The van der Waals surface area contributed by atoms with Crippen molar-refractivity contribution >= 4 is 17.3 Å². The number of methoxy groups -OCH3 is 1. The molecule has 0 saturated carbocycles. The van der Waals surface area contributed by atoms with Crippen LogP contribution in [-0.4, -0.2) is 57.6 Å². The summed E-state index contributed by atoms with van der Waals surface area (Å²) in [5.41, 5.74) is -0.451. The Morgan fingerprint density at radius 2 is 1.73 bits per heavy atom. The van der Waals surface area contributed by atoms with Crippen LogP contribution in [0.4, 0.5) is 0 Å². The number of hydrogen-bond acceptors (Lipinski definition) is 8. The van der Waals surface area contributed by atoms with Gasteiger partial charge >= 0.3 is 0 Å². The summed E-state index contributed by atoms with van der Waals surface area (Å²) in [4.78, 5) is 38.5. The van der Waals surface area contributed by atoms with E-state index in [1.807, 2.05) is 0 Å². The van der Waals surface area contributed by atoms with Crippen LogP contribution >= 0.6 is 0 Å². The zero-order valence-electron chi connectivity index (χ0n) is 16.1. The molecule has 4 rings (SSSR count). The molecule has 0 heterocycles. The minimum Gasteiger partial charge on any atom is -0.507 e. The number of aliphatic hydroxyl groups excluding tert-OH is 1. The monoisotopic (exact) mass is 412 g/mol. The van der Waals surface area contributed by atoms with Crippen molar-refractivity contribution in [3.05, 3.63) is 51.6 Å². The first kappa shape index (κ1) is 20.1. The molecule has 0 fully saturated rings. The van der Waals surface area contributed by atoms with Crippen molar-refractivity contribution in [2.75, 3.05) is 13.7 Å². The van der Waals surface area contributed by atoms with Gasteiger partial charge in [-0.05, 0) is 25.3 Å². The Bertz CT molecular complexity index is 1100. The predicted octanol–water partition coefficient (Wildman–Crippen LogP) is 1.26. The van der Waals surface area contributed by atoms with Crippen LogP contribution in [0.5, 0.6) is 17.2 Å². The Balaban J connectivity index is 1.83. The first-order valence-corrected chi connectivity index (χ1v) is 9.49. The highest BCUT2D eigenvalue weighted by Gasteiger charge is 2.41. The van der Waals surface area contributed by atoms with Gasteiger partial charge in [0.25, 0.3) is 0 Å². The first-order valence-electron chi connectivity index (χ1n) is 9.49. The maximum atomic E-state index is 13.0. The van der Waals surface area contributed by atoms with E-state index in [0.29, 0.717) is 6.42 Å². The van der Waals surface area contributed by atoms with E-state index in [2.05, 4.69) is 0 Å². The number of aliphatic hydroxyl groups is 1. The Morgan fingerprint density at radius 1 is 1.07 bits per heavy atom. The zero-order chi connectivity index (χ0) is 21.7. The number of fused-ring (bicyclic) bond motifs is 3. The Labute approximate surface area is 171 Å². The van der Waals surface area contributed by atoms with Gasteiger partial charge < -0.3 is 25.2 Å². The van der Waals surface area contributed by atoms with Gasteiger partial charge in [0.1, 0.15) is 23.4 Å². The molecule has 2 aliphatic rings. The van der Waals surface area contributed by atoms with Crippen molar-refractivity contribution in [1.29, 1.82) is 0 Å².